The molecule has 2 aromatic rings. The van der Waals surface area contributed by atoms with Crippen LogP contribution in [0.3, 0.4) is 0 Å². The van der Waals surface area contributed by atoms with Crippen molar-refractivity contribution in [1.29, 1.82) is 0 Å². The van der Waals surface area contributed by atoms with Crippen molar-refractivity contribution in [2.24, 2.45) is 0 Å². The predicted octanol–water partition coefficient (Wildman–Crippen LogP) is 3.28. The molecule has 3 unspecified atom stereocenters. The first-order valence-corrected chi connectivity index (χ1v) is 10.9. The Balaban J connectivity index is 1.45. The van der Waals surface area contributed by atoms with E-state index in [4.69, 9.17) is 9.47 Å². The highest BCUT2D eigenvalue weighted by atomic mass is 32.2. The second kappa shape index (κ2) is 7.72. The van der Waals surface area contributed by atoms with Gasteiger partial charge in [0, 0.05) is 6.04 Å². The van der Waals surface area contributed by atoms with Gasteiger partial charge in [-0.1, -0.05) is 42.0 Å². The van der Waals surface area contributed by atoms with Crippen molar-refractivity contribution in [3.63, 3.8) is 0 Å². The average Bonchev–Trinajstić information content (AvgIpc) is 2.68. The molecule has 1 saturated heterocycles. The highest BCUT2D eigenvalue weighted by Crippen LogP contribution is 2.28. The number of hydrogen-bond acceptors (Lipinski definition) is 4. The Hall–Kier alpha value is -1.73. The molecule has 1 heterocycles. The lowest BCUT2D eigenvalue weighted by Crippen LogP contribution is -2.49. The molecule has 0 aromatic heterocycles. The molecule has 0 amide bonds. The zero-order chi connectivity index (χ0) is 18.9. The molecule has 144 valence electrons. The molecular formula is C21H25NO4S. The molecule has 5 nitrogen and oxygen atoms in total. The predicted molar refractivity (Wildman–Crippen MR) is 104 cm³/mol. The molecule has 0 radical (unpaired) electrons. The maximum atomic E-state index is 12.8. The number of rotatable bonds is 4. The molecule has 1 aliphatic heterocycles. The molecule has 2 aromatic carbocycles. The second-order valence-electron chi connectivity index (χ2n) is 7.34. The van der Waals surface area contributed by atoms with E-state index in [0.29, 0.717) is 24.5 Å². The van der Waals surface area contributed by atoms with Crippen molar-refractivity contribution >= 4 is 10.0 Å². The van der Waals surface area contributed by atoms with Gasteiger partial charge < -0.3 is 9.47 Å². The minimum Gasteiger partial charge on any atom is -0.373 e. The van der Waals surface area contributed by atoms with E-state index in [-0.39, 0.29) is 18.2 Å². The van der Waals surface area contributed by atoms with E-state index in [2.05, 4.69) is 10.8 Å². The van der Waals surface area contributed by atoms with Crippen LogP contribution in [0.5, 0.6) is 0 Å². The number of sulfonamides is 1. The van der Waals surface area contributed by atoms with E-state index in [9.17, 15) is 8.42 Å². The van der Waals surface area contributed by atoms with Gasteiger partial charge >= 0.3 is 0 Å². The molecule has 27 heavy (non-hydrogen) atoms. The lowest BCUT2D eigenvalue weighted by molar-refractivity contribution is -0.156. The SMILES string of the molecule is Cc1cccc(-c2ccc(S(=O)(=O)NC3CCC4OCCOC4C3)cc2)c1. The zero-order valence-electron chi connectivity index (χ0n) is 15.4. The van der Waals surface area contributed by atoms with Crippen LogP contribution < -0.4 is 4.72 Å². The molecular weight excluding hydrogens is 362 g/mol. The Morgan fingerprint density at radius 1 is 0.926 bits per heavy atom. The Morgan fingerprint density at radius 2 is 1.67 bits per heavy atom. The van der Waals surface area contributed by atoms with E-state index in [1.54, 1.807) is 12.1 Å². The summed E-state index contributed by atoms with van der Waals surface area (Å²) >= 11 is 0. The van der Waals surface area contributed by atoms with Crippen molar-refractivity contribution in [3.05, 3.63) is 54.1 Å². The number of hydrogen-bond donors (Lipinski definition) is 1. The fourth-order valence-corrected chi connectivity index (χ4v) is 5.20. The smallest absolute Gasteiger partial charge is 0.240 e. The van der Waals surface area contributed by atoms with E-state index >= 15 is 0 Å². The summed E-state index contributed by atoms with van der Waals surface area (Å²) in [7, 11) is -3.55. The number of ether oxygens (including phenoxy) is 2. The maximum Gasteiger partial charge on any atom is 0.240 e. The third kappa shape index (κ3) is 4.24. The van der Waals surface area contributed by atoms with Crippen LogP contribution in [0.1, 0.15) is 24.8 Å². The molecule has 3 atom stereocenters. The van der Waals surface area contributed by atoms with Crippen LogP contribution in [0.4, 0.5) is 0 Å². The van der Waals surface area contributed by atoms with Gasteiger partial charge in [-0.3, -0.25) is 0 Å². The standard InChI is InChI=1S/C21H25NO4S/c1-15-3-2-4-17(13-15)16-5-8-19(9-6-16)27(23,24)22-18-7-10-20-21(14-18)26-12-11-25-20/h2-6,8-9,13,18,20-22H,7,10-12,14H2,1H3. The summed E-state index contributed by atoms with van der Waals surface area (Å²) in [5.74, 6) is 0. The summed E-state index contributed by atoms with van der Waals surface area (Å²) in [6.45, 7) is 3.26. The molecule has 1 N–H and O–H groups in total. The third-order valence-electron chi connectivity index (χ3n) is 5.32. The minimum absolute atomic E-state index is 0.0103. The van der Waals surface area contributed by atoms with Gasteiger partial charge in [0.2, 0.25) is 10.0 Å². The lowest BCUT2D eigenvalue weighted by Gasteiger charge is -2.38. The Bertz CT molecular complexity index is 895. The van der Waals surface area contributed by atoms with Gasteiger partial charge in [0.25, 0.3) is 0 Å². The summed E-state index contributed by atoms with van der Waals surface area (Å²) in [4.78, 5) is 0.293. The number of fused-ring (bicyclic) bond motifs is 1. The van der Waals surface area contributed by atoms with E-state index < -0.39 is 10.0 Å². The van der Waals surface area contributed by atoms with Crippen LogP contribution >= 0.6 is 0 Å². The fraction of sp³-hybridized carbons (Fsp3) is 0.429. The van der Waals surface area contributed by atoms with Crippen LogP contribution in [-0.4, -0.2) is 39.9 Å². The zero-order valence-corrected chi connectivity index (χ0v) is 16.2. The molecule has 2 aliphatic rings. The lowest BCUT2D eigenvalue weighted by atomic mass is 9.90. The maximum absolute atomic E-state index is 12.8. The van der Waals surface area contributed by atoms with Crippen molar-refractivity contribution < 1.29 is 17.9 Å². The number of benzene rings is 2. The van der Waals surface area contributed by atoms with Gasteiger partial charge in [0.15, 0.2) is 0 Å². The monoisotopic (exact) mass is 387 g/mol. The van der Waals surface area contributed by atoms with Gasteiger partial charge in [0.05, 0.1) is 30.3 Å². The van der Waals surface area contributed by atoms with E-state index in [1.165, 1.54) is 5.56 Å². The summed E-state index contributed by atoms with van der Waals surface area (Å²) in [6.07, 6.45) is 2.35. The molecule has 6 heteroatoms. The van der Waals surface area contributed by atoms with Crippen LogP contribution in [0, 0.1) is 6.92 Å². The summed E-state index contributed by atoms with van der Waals surface area (Å²) in [6, 6.07) is 15.1. The Morgan fingerprint density at radius 3 is 2.41 bits per heavy atom. The minimum atomic E-state index is -3.55. The summed E-state index contributed by atoms with van der Waals surface area (Å²) < 4.78 is 39.9. The highest BCUT2D eigenvalue weighted by Gasteiger charge is 2.35. The van der Waals surface area contributed by atoms with Crippen LogP contribution in [0.15, 0.2) is 53.4 Å². The second-order valence-corrected chi connectivity index (χ2v) is 9.06. The quantitative estimate of drug-likeness (QED) is 0.874. The first-order valence-electron chi connectivity index (χ1n) is 9.44. The summed E-state index contributed by atoms with van der Waals surface area (Å²) in [5.41, 5.74) is 3.26. The topological polar surface area (TPSA) is 64.6 Å². The molecule has 2 fully saturated rings. The highest BCUT2D eigenvalue weighted by molar-refractivity contribution is 7.89. The third-order valence-corrected chi connectivity index (χ3v) is 6.85. The molecule has 4 rings (SSSR count). The van der Waals surface area contributed by atoms with E-state index in [1.807, 2.05) is 37.3 Å². The van der Waals surface area contributed by atoms with Gasteiger partial charge in [-0.25, -0.2) is 13.1 Å². The van der Waals surface area contributed by atoms with Crippen LogP contribution in [0.2, 0.25) is 0 Å². The van der Waals surface area contributed by atoms with Crippen LogP contribution in [0.25, 0.3) is 11.1 Å². The average molecular weight is 388 g/mol. The first kappa shape index (κ1) is 18.6. The Labute approximate surface area is 160 Å². The molecule has 0 bridgehead atoms. The number of nitrogens with one attached hydrogen (secondary N) is 1. The van der Waals surface area contributed by atoms with Gasteiger partial charge in [-0.05, 0) is 49.4 Å². The van der Waals surface area contributed by atoms with Crippen LogP contribution in [-0.2, 0) is 19.5 Å². The molecule has 0 spiro atoms. The number of aryl methyl sites for hydroxylation is 1. The van der Waals surface area contributed by atoms with Crippen molar-refractivity contribution in [3.8, 4) is 11.1 Å². The van der Waals surface area contributed by atoms with Crippen molar-refractivity contribution in [2.75, 3.05) is 13.2 Å². The van der Waals surface area contributed by atoms with Crippen molar-refractivity contribution in [2.45, 2.75) is 49.3 Å². The van der Waals surface area contributed by atoms with Gasteiger partial charge in [-0.15, -0.1) is 0 Å². The molecule has 1 aliphatic carbocycles. The fourth-order valence-electron chi connectivity index (χ4n) is 3.91. The first-order chi connectivity index (χ1) is 13.0. The summed E-state index contributed by atoms with van der Waals surface area (Å²) in [5, 5.41) is 0. The van der Waals surface area contributed by atoms with Gasteiger partial charge in [-0.2, -0.15) is 0 Å². The van der Waals surface area contributed by atoms with Gasteiger partial charge in [0.1, 0.15) is 0 Å². The normalized spacial score (nSPS) is 25.7. The largest absolute Gasteiger partial charge is 0.373 e. The molecule has 1 saturated carbocycles. The van der Waals surface area contributed by atoms with E-state index in [0.717, 1.165) is 24.0 Å². The Kier molecular flexibility index (Phi) is 5.32. The van der Waals surface area contributed by atoms with Crippen molar-refractivity contribution in [1.82, 2.24) is 4.72 Å².